The standard InChI is InChI=1S/C39H61N7O5SSi2/c1-40-38(47)39(51-20-19-48-2)17-15-30(16-18-39)34-35(52-3)37(44(28-49-21-23-53(4,5)6)29-50-22-24-54(7,8)9)46-36(43-34)33(26-42-46)31-25-41-45(27-31)32-13-11-10-12-14-32/h10-14,25-27,30H,15-24,28-29H2,1-9H3,(H,40,47). The molecule has 54 heavy (non-hydrogen) atoms. The molecule has 0 spiro atoms. The Bertz CT molecular complexity index is 1780. The predicted octanol–water partition coefficient (Wildman–Crippen LogP) is 7.54. The van der Waals surface area contributed by atoms with Gasteiger partial charge in [0.1, 0.15) is 19.1 Å². The van der Waals surface area contributed by atoms with Crippen LogP contribution in [0.3, 0.4) is 0 Å². The van der Waals surface area contributed by atoms with Crippen LogP contribution in [0.4, 0.5) is 5.82 Å². The second-order valence-electron chi connectivity index (χ2n) is 16.6. The Balaban J connectivity index is 1.59. The maximum atomic E-state index is 13.3. The molecule has 0 saturated heterocycles. The highest BCUT2D eigenvalue weighted by Gasteiger charge is 2.44. The van der Waals surface area contributed by atoms with Gasteiger partial charge in [0.05, 0.1) is 41.9 Å². The molecule has 1 saturated carbocycles. The summed E-state index contributed by atoms with van der Waals surface area (Å²) < 4.78 is 28.3. The Morgan fingerprint density at radius 2 is 1.59 bits per heavy atom. The number of anilines is 1. The Hall–Kier alpha value is -3.06. The first-order valence-electron chi connectivity index (χ1n) is 19.1. The van der Waals surface area contributed by atoms with E-state index in [4.69, 9.17) is 34.1 Å². The zero-order valence-corrected chi connectivity index (χ0v) is 36.6. The number of likely N-dealkylation sites (N-methyl/N-ethyl adjacent to an activating group) is 1. The number of fused-ring (bicyclic) bond motifs is 1. The monoisotopic (exact) mass is 795 g/mol. The number of nitrogens with zero attached hydrogens (tertiary/aromatic N) is 6. The van der Waals surface area contributed by atoms with Gasteiger partial charge in [-0.2, -0.15) is 14.7 Å². The van der Waals surface area contributed by atoms with Gasteiger partial charge >= 0.3 is 0 Å². The first-order valence-corrected chi connectivity index (χ1v) is 27.7. The molecule has 3 heterocycles. The molecule has 0 bridgehead atoms. The average Bonchev–Trinajstić information content (AvgIpc) is 3.81. The number of para-hydroxylation sites is 1. The smallest absolute Gasteiger partial charge is 0.251 e. The maximum Gasteiger partial charge on any atom is 0.251 e. The van der Waals surface area contributed by atoms with Crippen LogP contribution in [0.25, 0.3) is 22.5 Å². The highest BCUT2D eigenvalue weighted by Crippen LogP contribution is 2.45. The molecule has 3 aromatic heterocycles. The molecule has 15 heteroatoms. The minimum absolute atomic E-state index is 0.0862. The first-order chi connectivity index (χ1) is 25.8. The Morgan fingerprint density at radius 1 is 0.944 bits per heavy atom. The van der Waals surface area contributed by atoms with E-state index in [9.17, 15) is 4.79 Å². The third-order valence-corrected chi connectivity index (χ3v) is 14.2. The van der Waals surface area contributed by atoms with Crippen molar-refractivity contribution in [2.24, 2.45) is 0 Å². The fraction of sp³-hybridized carbons (Fsp3) is 0.590. The van der Waals surface area contributed by atoms with Crippen molar-refractivity contribution < 1.29 is 23.7 Å². The number of rotatable bonds is 20. The molecule has 0 unspecified atom stereocenters. The fourth-order valence-electron chi connectivity index (χ4n) is 6.73. The number of methoxy groups -OCH3 is 1. The van der Waals surface area contributed by atoms with Gasteiger partial charge in [0.15, 0.2) is 11.5 Å². The SMILES string of the molecule is CNC(=O)C1(OCCOC)CCC(c2nc3c(-c4cnn(-c5ccccc5)c4)cnn3c(N(COCC[Si](C)(C)C)COCC[Si](C)(C)C)c2SC)CC1. The summed E-state index contributed by atoms with van der Waals surface area (Å²) >= 11 is 1.67. The molecule has 0 radical (unpaired) electrons. The van der Waals surface area contributed by atoms with Gasteiger partial charge in [-0.05, 0) is 56.2 Å². The molecule has 1 aromatic carbocycles. The largest absolute Gasteiger partial charge is 0.382 e. The van der Waals surface area contributed by atoms with Crippen LogP contribution in [-0.4, -0.2) is 112 Å². The lowest BCUT2D eigenvalue weighted by Gasteiger charge is -2.39. The van der Waals surface area contributed by atoms with Crippen molar-refractivity contribution in [2.45, 2.75) is 93.5 Å². The van der Waals surface area contributed by atoms with E-state index in [-0.39, 0.29) is 11.8 Å². The van der Waals surface area contributed by atoms with Crippen LogP contribution >= 0.6 is 11.8 Å². The minimum Gasteiger partial charge on any atom is -0.382 e. The molecule has 1 aliphatic rings. The van der Waals surface area contributed by atoms with E-state index in [1.165, 1.54) is 0 Å². The maximum absolute atomic E-state index is 13.3. The van der Waals surface area contributed by atoms with Gasteiger partial charge in [-0.15, -0.1) is 11.8 Å². The Morgan fingerprint density at radius 3 is 2.17 bits per heavy atom. The van der Waals surface area contributed by atoms with Crippen LogP contribution in [0.5, 0.6) is 0 Å². The second kappa shape index (κ2) is 18.7. The molecular formula is C39H61N7O5SSi2. The molecular weight excluding hydrogens is 735 g/mol. The summed E-state index contributed by atoms with van der Waals surface area (Å²) in [4.78, 5) is 22.0. The number of nitrogens with one attached hydrogen (secondary N) is 1. The summed E-state index contributed by atoms with van der Waals surface area (Å²) in [5.41, 5.74) is 3.65. The van der Waals surface area contributed by atoms with E-state index in [2.05, 4.69) is 55.8 Å². The zero-order valence-electron chi connectivity index (χ0n) is 33.8. The molecule has 1 aliphatic carbocycles. The van der Waals surface area contributed by atoms with Crippen molar-refractivity contribution in [3.05, 3.63) is 54.6 Å². The lowest BCUT2D eigenvalue weighted by atomic mass is 9.76. The molecule has 1 amide bonds. The predicted molar refractivity (Wildman–Crippen MR) is 224 cm³/mol. The topological polar surface area (TPSA) is 117 Å². The van der Waals surface area contributed by atoms with Gasteiger partial charge in [-0.3, -0.25) is 4.79 Å². The fourth-order valence-corrected chi connectivity index (χ4v) is 9.06. The number of carbonyl (C=O) groups excluding carboxylic acids is 1. The van der Waals surface area contributed by atoms with Gasteiger partial charge in [0.25, 0.3) is 5.91 Å². The van der Waals surface area contributed by atoms with Crippen molar-refractivity contribution in [3.8, 4) is 16.8 Å². The number of benzene rings is 1. The normalized spacial score (nSPS) is 18.0. The molecule has 1 N–H and O–H groups in total. The summed E-state index contributed by atoms with van der Waals surface area (Å²) in [6.45, 7) is 17.1. The molecule has 0 atom stereocenters. The summed E-state index contributed by atoms with van der Waals surface area (Å²) in [6.07, 6.45) is 10.5. The van der Waals surface area contributed by atoms with E-state index >= 15 is 0 Å². The van der Waals surface area contributed by atoms with Gasteiger partial charge in [-0.25, -0.2) is 9.67 Å². The lowest BCUT2D eigenvalue weighted by Crippen LogP contribution is -2.50. The van der Waals surface area contributed by atoms with Gasteiger partial charge in [-0.1, -0.05) is 57.5 Å². The third kappa shape index (κ3) is 10.6. The van der Waals surface area contributed by atoms with E-state index in [1.807, 2.05) is 58.1 Å². The molecule has 296 valence electrons. The summed E-state index contributed by atoms with van der Waals surface area (Å²) in [5, 5.41) is 12.6. The van der Waals surface area contributed by atoms with Crippen molar-refractivity contribution in [1.82, 2.24) is 29.7 Å². The van der Waals surface area contributed by atoms with E-state index in [0.717, 1.165) is 63.8 Å². The van der Waals surface area contributed by atoms with Crippen LogP contribution in [0, 0.1) is 0 Å². The van der Waals surface area contributed by atoms with Crippen LogP contribution in [0.1, 0.15) is 37.3 Å². The number of hydrogen-bond acceptors (Lipinski definition) is 10. The molecule has 4 aromatic rings. The highest BCUT2D eigenvalue weighted by atomic mass is 32.2. The van der Waals surface area contributed by atoms with E-state index in [0.29, 0.717) is 52.7 Å². The van der Waals surface area contributed by atoms with Crippen LogP contribution < -0.4 is 10.2 Å². The Kier molecular flexibility index (Phi) is 14.6. The molecule has 0 aliphatic heterocycles. The van der Waals surface area contributed by atoms with Crippen molar-refractivity contribution in [1.29, 1.82) is 0 Å². The summed E-state index contributed by atoms with van der Waals surface area (Å²) in [5.74, 6) is 0.916. The molecule has 12 nitrogen and oxygen atoms in total. The average molecular weight is 796 g/mol. The van der Waals surface area contributed by atoms with E-state index in [1.54, 1.807) is 25.9 Å². The number of ether oxygens (including phenoxy) is 4. The number of thioether (sulfide) groups is 1. The lowest BCUT2D eigenvalue weighted by molar-refractivity contribution is -0.154. The molecule has 5 rings (SSSR count). The molecule has 1 fully saturated rings. The van der Waals surface area contributed by atoms with Gasteiger partial charge < -0.3 is 29.2 Å². The number of carbonyl (C=O) groups is 1. The van der Waals surface area contributed by atoms with Crippen molar-refractivity contribution in [2.75, 3.05) is 65.2 Å². The van der Waals surface area contributed by atoms with Crippen LogP contribution in [-0.2, 0) is 23.7 Å². The second-order valence-corrected chi connectivity index (χ2v) is 28.6. The quantitative estimate of drug-likeness (QED) is 0.0416. The summed E-state index contributed by atoms with van der Waals surface area (Å²) in [7, 11) is 0.722. The third-order valence-electron chi connectivity index (χ3n) is 10.00. The number of amides is 1. The van der Waals surface area contributed by atoms with Gasteiger partial charge in [0.2, 0.25) is 0 Å². The van der Waals surface area contributed by atoms with E-state index < -0.39 is 21.7 Å². The van der Waals surface area contributed by atoms with Crippen molar-refractivity contribution in [3.63, 3.8) is 0 Å². The minimum atomic E-state index is -1.30. The number of hydrogen-bond donors (Lipinski definition) is 1. The van der Waals surface area contributed by atoms with Gasteiger partial charge in [0, 0.05) is 66.8 Å². The summed E-state index contributed by atoms with van der Waals surface area (Å²) in [6, 6.07) is 12.2. The zero-order chi connectivity index (χ0) is 38.9. The van der Waals surface area contributed by atoms with Crippen molar-refractivity contribution >= 4 is 45.3 Å². The van der Waals surface area contributed by atoms with Crippen LogP contribution in [0.15, 0.2) is 53.8 Å². The highest BCUT2D eigenvalue weighted by molar-refractivity contribution is 7.98. The number of aromatic nitrogens is 5. The Labute approximate surface area is 327 Å². The first kappa shape index (κ1) is 42.1. The van der Waals surface area contributed by atoms with Crippen LogP contribution in [0.2, 0.25) is 51.4 Å².